The summed E-state index contributed by atoms with van der Waals surface area (Å²) >= 11 is 3.18. The highest BCUT2D eigenvalue weighted by atomic mass is 79.9. The minimum absolute atomic E-state index is 0.0804. The molecule has 98 valence electrons. The van der Waals surface area contributed by atoms with Gasteiger partial charge in [0.15, 0.2) is 0 Å². The second-order valence-electron chi connectivity index (χ2n) is 3.68. The molecule has 2 aromatic rings. The minimum atomic E-state index is -0.503. The molecule has 2 rings (SSSR count). The lowest BCUT2D eigenvalue weighted by Crippen LogP contribution is -1.98. The summed E-state index contributed by atoms with van der Waals surface area (Å²) in [6.45, 7) is 1.67. The Labute approximate surface area is 116 Å². The molecule has 7 nitrogen and oxygen atoms in total. The van der Waals surface area contributed by atoms with E-state index in [9.17, 15) is 10.1 Å². The van der Waals surface area contributed by atoms with E-state index in [0.717, 1.165) is 0 Å². The predicted molar refractivity (Wildman–Crippen MR) is 72.1 cm³/mol. The number of nitro groups is 1. The lowest BCUT2D eigenvalue weighted by atomic mass is 10.3. The number of aryl methyl sites for hydroxylation is 1. The summed E-state index contributed by atoms with van der Waals surface area (Å²) in [6, 6.07) is 5.73. The van der Waals surface area contributed by atoms with Gasteiger partial charge in [-0.3, -0.25) is 10.1 Å². The van der Waals surface area contributed by atoms with E-state index in [1.165, 1.54) is 18.2 Å². The molecule has 8 heteroatoms. The number of hydrogen-bond donors (Lipinski definition) is 1. The van der Waals surface area contributed by atoms with E-state index in [1.807, 2.05) is 0 Å². The van der Waals surface area contributed by atoms with Gasteiger partial charge in [0, 0.05) is 16.6 Å². The van der Waals surface area contributed by atoms with Gasteiger partial charge in [-0.05, 0) is 13.0 Å². The third-order valence-electron chi connectivity index (χ3n) is 2.12. The molecule has 1 aromatic carbocycles. The normalized spacial score (nSPS) is 10.2. The number of halogens is 1. The number of anilines is 1. The van der Waals surface area contributed by atoms with Crippen molar-refractivity contribution in [3.8, 4) is 11.6 Å². The molecule has 0 fully saturated rings. The Morgan fingerprint density at radius 1 is 1.32 bits per heavy atom. The summed E-state index contributed by atoms with van der Waals surface area (Å²) in [5, 5.41) is 10.7. The predicted octanol–water partition coefficient (Wildman–Crippen LogP) is 2.83. The standard InChI is InChI=1S/C11H9BrN4O3/c1-6-14-10(13)5-11(15-6)19-9-3-7(12)2-8(4-9)16(17)18/h2-5H,1H3,(H2,13,14,15). The van der Waals surface area contributed by atoms with E-state index in [2.05, 4.69) is 25.9 Å². The van der Waals surface area contributed by atoms with E-state index >= 15 is 0 Å². The summed E-state index contributed by atoms with van der Waals surface area (Å²) in [7, 11) is 0. The molecule has 0 unspecified atom stereocenters. The van der Waals surface area contributed by atoms with Crippen molar-refractivity contribution in [3.05, 3.63) is 44.7 Å². The van der Waals surface area contributed by atoms with Gasteiger partial charge in [0.05, 0.1) is 11.0 Å². The Balaban J connectivity index is 2.35. The number of nitro benzene ring substituents is 1. The van der Waals surface area contributed by atoms with Gasteiger partial charge in [0.1, 0.15) is 17.4 Å². The van der Waals surface area contributed by atoms with E-state index in [0.29, 0.717) is 16.0 Å². The first kappa shape index (κ1) is 13.2. The van der Waals surface area contributed by atoms with Crippen molar-refractivity contribution in [3.63, 3.8) is 0 Å². The summed E-state index contributed by atoms with van der Waals surface area (Å²) in [6.07, 6.45) is 0. The molecule has 1 heterocycles. The smallest absolute Gasteiger partial charge is 0.274 e. The van der Waals surface area contributed by atoms with Gasteiger partial charge in [-0.15, -0.1) is 0 Å². The van der Waals surface area contributed by atoms with Crippen LogP contribution in [-0.4, -0.2) is 14.9 Å². The monoisotopic (exact) mass is 324 g/mol. The lowest BCUT2D eigenvalue weighted by molar-refractivity contribution is -0.385. The molecule has 0 radical (unpaired) electrons. The average Bonchev–Trinajstić information content (AvgIpc) is 2.26. The third kappa shape index (κ3) is 3.38. The first-order chi connectivity index (χ1) is 8.94. The SMILES string of the molecule is Cc1nc(N)cc(Oc2cc(Br)cc([N+](=O)[O-])c2)n1. The number of non-ortho nitro benzene ring substituents is 1. The molecule has 0 bridgehead atoms. The first-order valence-corrected chi connectivity index (χ1v) is 5.97. The molecule has 0 aliphatic rings. The van der Waals surface area contributed by atoms with Crippen molar-refractivity contribution in [2.45, 2.75) is 6.92 Å². The van der Waals surface area contributed by atoms with Crippen LogP contribution in [0.25, 0.3) is 0 Å². The summed E-state index contributed by atoms with van der Waals surface area (Å²) in [5.74, 6) is 1.25. The van der Waals surface area contributed by atoms with Gasteiger partial charge in [0.25, 0.3) is 5.69 Å². The Bertz CT molecular complexity index is 628. The van der Waals surface area contributed by atoms with E-state index < -0.39 is 4.92 Å². The number of benzene rings is 1. The van der Waals surface area contributed by atoms with Gasteiger partial charge in [0.2, 0.25) is 5.88 Å². The van der Waals surface area contributed by atoms with Crippen molar-refractivity contribution in [2.75, 3.05) is 5.73 Å². The zero-order chi connectivity index (χ0) is 14.0. The molecule has 0 amide bonds. The molecule has 0 aliphatic carbocycles. The number of nitrogen functional groups attached to an aromatic ring is 1. The van der Waals surface area contributed by atoms with Crippen molar-refractivity contribution >= 4 is 27.4 Å². The molecule has 1 aromatic heterocycles. The lowest BCUT2D eigenvalue weighted by Gasteiger charge is -2.06. The van der Waals surface area contributed by atoms with Crippen LogP contribution in [-0.2, 0) is 0 Å². The molecule has 0 saturated carbocycles. The van der Waals surface area contributed by atoms with Gasteiger partial charge in [-0.25, -0.2) is 4.98 Å². The van der Waals surface area contributed by atoms with Crippen molar-refractivity contribution in [2.24, 2.45) is 0 Å². The van der Waals surface area contributed by atoms with Gasteiger partial charge in [-0.2, -0.15) is 4.98 Å². The van der Waals surface area contributed by atoms with Crippen LogP contribution in [0, 0.1) is 17.0 Å². The van der Waals surface area contributed by atoms with Crippen LogP contribution in [0.4, 0.5) is 11.5 Å². The largest absolute Gasteiger partial charge is 0.439 e. The van der Waals surface area contributed by atoms with E-state index in [-0.39, 0.29) is 17.4 Å². The quantitative estimate of drug-likeness (QED) is 0.687. The maximum atomic E-state index is 10.7. The fourth-order valence-electron chi connectivity index (χ4n) is 1.45. The highest BCUT2D eigenvalue weighted by molar-refractivity contribution is 9.10. The third-order valence-corrected chi connectivity index (χ3v) is 2.58. The molecule has 0 atom stereocenters. The number of hydrogen-bond acceptors (Lipinski definition) is 6. The van der Waals surface area contributed by atoms with Crippen molar-refractivity contribution in [1.82, 2.24) is 9.97 Å². The van der Waals surface area contributed by atoms with Crippen LogP contribution in [0.1, 0.15) is 5.82 Å². The maximum Gasteiger partial charge on any atom is 0.274 e. The van der Waals surface area contributed by atoms with E-state index in [1.54, 1.807) is 13.0 Å². The summed E-state index contributed by atoms with van der Waals surface area (Å²) in [5.41, 5.74) is 5.49. The van der Waals surface area contributed by atoms with Gasteiger partial charge >= 0.3 is 0 Å². The fraction of sp³-hybridized carbons (Fsp3) is 0.0909. The van der Waals surface area contributed by atoms with Crippen LogP contribution >= 0.6 is 15.9 Å². The highest BCUT2D eigenvalue weighted by Crippen LogP contribution is 2.29. The topological polar surface area (TPSA) is 104 Å². The number of ether oxygens (including phenoxy) is 1. The molecular weight excluding hydrogens is 316 g/mol. The fourth-order valence-corrected chi connectivity index (χ4v) is 1.91. The second kappa shape index (κ2) is 5.19. The van der Waals surface area contributed by atoms with Crippen molar-refractivity contribution in [1.29, 1.82) is 0 Å². The number of nitrogens with zero attached hydrogens (tertiary/aromatic N) is 3. The number of nitrogens with two attached hydrogens (primary N) is 1. The minimum Gasteiger partial charge on any atom is -0.439 e. The molecule has 2 N–H and O–H groups in total. The van der Waals surface area contributed by atoms with Crippen molar-refractivity contribution < 1.29 is 9.66 Å². The van der Waals surface area contributed by atoms with Crippen LogP contribution in [0.5, 0.6) is 11.6 Å². The van der Waals surface area contributed by atoms with Crippen LogP contribution in [0.3, 0.4) is 0 Å². The average molecular weight is 325 g/mol. The molecule has 0 aliphatic heterocycles. The number of rotatable bonds is 3. The van der Waals surface area contributed by atoms with Crippen LogP contribution in [0.2, 0.25) is 0 Å². The van der Waals surface area contributed by atoms with Crippen LogP contribution in [0.15, 0.2) is 28.7 Å². The zero-order valence-electron chi connectivity index (χ0n) is 9.83. The Hall–Kier alpha value is -2.22. The Kier molecular flexibility index (Phi) is 3.61. The molecule has 0 spiro atoms. The Morgan fingerprint density at radius 2 is 2.05 bits per heavy atom. The van der Waals surface area contributed by atoms with Gasteiger partial charge < -0.3 is 10.5 Å². The maximum absolute atomic E-state index is 10.7. The summed E-state index contributed by atoms with van der Waals surface area (Å²) in [4.78, 5) is 18.2. The van der Waals surface area contributed by atoms with E-state index in [4.69, 9.17) is 10.5 Å². The second-order valence-corrected chi connectivity index (χ2v) is 4.60. The molecular formula is C11H9BrN4O3. The molecule has 19 heavy (non-hydrogen) atoms. The number of aromatic nitrogens is 2. The van der Waals surface area contributed by atoms with Gasteiger partial charge in [-0.1, -0.05) is 15.9 Å². The summed E-state index contributed by atoms with van der Waals surface area (Å²) < 4.78 is 5.98. The molecule has 0 saturated heterocycles. The Morgan fingerprint density at radius 3 is 2.68 bits per heavy atom. The van der Waals surface area contributed by atoms with Crippen LogP contribution < -0.4 is 10.5 Å². The zero-order valence-corrected chi connectivity index (χ0v) is 11.4. The highest BCUT2D eigenvalue weighted by Gasteiger charge is 2.11. The first-order valence-electron chi connectivity index (χ1n) is 5.18.